The maximum absolute atomic E-state index is 10.2. The maximum atomic E-state index is 10.2. The minimum Gasteiger partial charge on any atom is -0.550 e. The van der Waals surface area contributed by atoms with Gasteiger partial charge in [-0.3, -0.25) is 19.2 Å². The number of carbonyl (C=O) groups excluding carboxylic acids is 8. The van der Waals surface area contributed by atoms with E-state index in [1.807, 2.05) is 0 Å². The standard InChI is InChI=1S/4C5H8O3.2C3H8O.Ti/c4*1-2-4(6)3-5(7)8;2*1-3(2)4;/h4*2-3H2,1H3,(H,7,8);2*3-4H,1-2H3;/q;;;;;;+4/p-4. The molecular weight excluding hydrogens is 584 g/mol. The van der Waals surface area contributed by atoms with Gasteiger partial charge in [0, 0.05) is 87.5 Å². The van der Waals surface area contributed by atoms with Gasteiger partial charge in [-0.05, 0) is 27.7 Å². The molecule has 0 aromatic heterocycles. The van der Waals surface area contributed by atoms with Crippen LogP contribution in [-0.2, 0) is 60.1 Å². The Morgan fingerprint density at radius 1 is 0.439 bits per heavy atom. The summed E-state index contributed by atoms with van der Waals surface area (Å²) in [4.78, 5) is 79.4. The van der Waals surface area contributed by atoms with Gasteiger partial charge < -0.3 is 49.8 Å². The average molecular weight is 628 g/mol. The number of carboxylic acid groups (broad SMARTS) is 4. The third kappa shape index (κ3) is 103. The van der Waals surface area contributed by atoms with Gasteiger partial charge in [-0.15, -0.1) is 0 Å². The van der Waals surface area contributed by atoms with E-state index >= 15 is 0 Å². The predicted octanol–water partition coefficient (Wildman–Crippen LogP) is -2.81. The van der Waals surface area contributed by atoms with E-state index in [4.69, 9.17) is 10.2 Å². The normalized spacial score (nSPS) is 8.49. The van der Waals surface area contributed by atoms with Gasteiger partial charge in [0.2, 0.25) is 0 Å². The van der Waals surface area contributed by atoms with Crippen molar-refractivity contribution in [1.82, 2.24) is 0 Å². The summed E-state index contributed by atoms with van der Waals surface area (Å²) in [5.41, 5.74) is 0. The molecule has 0 aromatic carbocycles. The van der Waals surface area contributed by atoms with Crippen LogP contribution in [0.2, 0.25) is 0 Å². The number of carboxylic acids is 4. The molecule has 14 nitrogen and oxygen atoms in total. The summed E-state index contributed by atoms with van der Waals surface area (Å²) >= 11 is 0. The molecule has 0 saturated carbocycles. The molecule has 0 aliphatic heterocycles. The van der Waals surface area contributed by atoms with Gasteiger partial charge in [0.1, 0.15) is 23.1 Å². The Bertz CT molecular complexity index is 623. The van der Waals surface area contributed by atoms with E-state index in [0.29, 0.717) is 0 Å². The van der Waals surface area contributed by atoms with E-state index < -0.39 is 49.6 Å². The first kappa shape index (κ1) is 54.3. The summed E-state index contributed by atoms with van der Waals surface area (Å²) in [7, 11) is 0. The number of aliphatic carboxylic acids is 4. The molecule has 0 aliphatic carbocycles. The number of hydrogen-bond acceptors (Lipinski definition) is 14. The molecule has 2 N–H and O–H groups in total. The van der Waals surface area contributed by atoms with Crippen molar-refractivity contribution < 1.29 is 90.7 Å². The van der Waals surface area contributed by atoms with E-state index in [9.17, 15) is 58.8 Å². The van der Waals surface area contributed by atoms with Crippen molar-refractivity contribution in [1.29, 1.82) is 0 Å². The van der Waals surface area contributed by atoms with Crippen molar-refractivity contribution in [3.8, 4) is 0 Å². The van der Waals surface area contributed by atoms with Crippen LogP contribution >= 0.6 is 0 Å². The fourth-order valence-corrected chi connectivity index (χ4v) is 1.14. The summed E-state index contributed by atoms with van der Waals surface area (Å²) in [6, 6.07) is 0. The second-order valence-corrected chi connectivity index (χ2v) is 7.95. The molecule has 0 heterocycles. The van der Waals surface area contributed by atoms with E-state index in [1.54, 1.807) is 55.4 Å². The SMILES string of the molecule is CC(C)O.CC(C)O.CCC(=O)CC(=O)[O-].CCC(=O)CC(=O)[O-].CCC(=O)CC(=O)[O-].CCC(=O)CC(=O)[O-].[Ti+4]. The molecule has 0 atom stereocenters. The Morgan fingerprint density at radius 3 is 0.561 bits per heavy atom. The number of aliphatic hydroxyl groups excluding tert-OH is 2. The molecule has 41 heavy (non-hydrogen) atoms. The van der Waals surface area contributed by atoms with E-state index in [-0.39, 0.29) is 82.7 Å². The Balaban J connectivity index is -0.0000000687. The average Bonchev–Trinajstić information content (AvgIpc) is 2.77. The number of aliphatic hydroxyl groups is 2. The molecule has 0 radical (unpaired) electrons. The van der Waals surface area contributed by atoms with E-state index in [0.717, 1.165) is 0 Å². The van der Waals surface area contributed by atoms with Crippen molar-refractivity contribution in [2.24, 2.45) is 0 Å². The first-order chi connectivity index (χ1) is 18.1. The number of ketones is 4. The first-order valence-electron chi connectivity index (χ1n) is 12.3. The first-order valence-corrected chi connectivity index (χ1v) is 12.3. The topological polar surface area (TPSA) is 269 Å². The van der Waals surface area contributed by atoms with Crippen LogP contribution in [0.3, 0.4) is 0 Å². The molecule has 0 aromatic rings. The number of carbonyl (C=O) groups is 8. The van der Waals surface area contributed by atoms with Crippen molar-refractivity contribution in [3.63, 3.8) is 0 Å². The molecule has 0 saturated heterocycles. The minimum absolute atomic E-state index is 0. The molecule has 236 valence electrons. The summed E-state index contributed by atoms with van der Waals surface area (Å²) in [5, 5.41) is 54.7. The Labute approximate surface area is 256 Å². The summed E-state index contributed by atoms with van der Waals surface area (Å²) in [6.45, 7) is 13.4. The number of hydrogen-bond donors (Lipinski definition) is 2. The smallest absolute Gasteiger partial charge is 0.550 e. The van der Waals surface area contributed by atoms with E-state index in [2.05, 4.69) is 0 Å². The molecule has 0 amide bonds. The van der Waals surface area contributed by atoms with Crippen molar-refractivity contribution >= 4 is 47.0 Å². The van der Waals surface area contributed by atoms with Crippen LogP contribution in [-0.4, -0.2) is 69.4 Å². The van der Waals surface area contributed by atoms with Crippen molar-refractivity contribution in [2.75, 3.05) is 0 Å². The van der Waals surface area contributed by atoms with E-state index in [1.165, 1.54) is 0 Å². The van der Waals surface area contributed by atoms with Crippen LogP contribution in [0, 0.1) is 0 Å². The molecule has 0 aliphatic rings. The van der Waals surface area contributed by atoms with Gasteiger partial charge in [-0.25, -0.2) is 0 Å². The summed E-state index contributed by atoms with van der Waals surface area (Å²) in [6.07, 6.45) is -1.04. The van der Waals surface area contributed by atoms with Crippen LogP contribution in [0.4, 0.5) is 0 Å². The molecule has 0 rings (SSSR count). The van der Waals surface area contributed by atoms with Gasteiger partial charge >= 0.3 is 21.7 Å². The monoisotopic (exact) mass is 628 g/mol. The predicted molar refractivity (Wildman–Crippen MR) is 134 cm³/mol. The van der Waals surface area contributed by atoms with Gasteiger partial charge in [0.05, 0.1) is 0 Å². The molecular formula is C26H44O14Ti. The molecule has 0 spiro atoms. The quantitative estimate of drug-likeness (QED) is 0.163. The molecule has 0 bridgehead atoms. The van der Waals surface area contributed by atoms with Crippen LogP contribution in [0.1, 0.15) is 107 Å². The fraction of sp³-hybridized carbons (Fsp3) is 0.692. The van der Waals surface area contributed by atoms with Crippen LogP contribution in [0.5, 0.6) is 0 Å². The Morgan fingerprint density at radius 2 is 0.537 bits per heavy atom. The summed E-state index contributed by atoms with van der Waals surface area (Å²) in [5.74, 6) is -6.33. The molecule has 0 fully saturated rings. The zero-order valence-electron chi connectivity index (χ0n) is 25.1. The number of rotatable bonds is 12. The molecule has 0 unspecified atom stereocenters. The number of Topliss-reactive ketones (excluding diaryl/α,β-unsaturated/α-hetero) is 4. The zero-order valence-corrected chi connectivity index (χ0v) is 26.7. The second kappa shape index (κ2) is 39.3. The van der Waals surface area contributed by atoms with Crippen LogP contribution < -0.4 is 20.4 Å². The van der Waals surface area contributed by atoms with Crippen LogP contribution in [0.15, 0.2) is 0 Å². The van der Waals surface area contributed by atoms with Crippen LogP contribution in [0.25, 0.3) is 0 Å². The Hall–Kier alpha value is -2.81. The fourth-order valence-electron chi connectivity index (χ4n) is 1.14. The zero-order chi connectivity index (χ0) is 33.4. The minimum atomic E-state index is -1.29. The van der Waals surface area contributed by atoms with Crippen molar-refractivity contribution in [2.45, 2.75) is 119 Å². The largest absolute Gasteiger partial charge is 4.00 e. The summed E-state index contributed by atoms with van der Waals surface area (Å²) < 4.78 is 0. The third-order valence-electron chi connectivity index (χ3n) is 2.94. The third-order valence-corrected chi connectivity index (χ3v) is 2.94. The van der Waals surface area contributed by atoms with Crippen molar-refractivity contribution in [3.05, 3.63) is 0 Å². The van der Waals surface area contributed by atoms with Gasteiger partial charge in [0.25, 0.3) is 0 Å². The van der Waals surface area contributed by atoms with Gasteiger partial charge in [-0.1, -0.05) is 27.7 Å². The second-order valence-electron chi connectivity index (χ2n) is 7.95. The Kier molecular flexibility index (Phi) is 52.1. The van der Waals surface area contributed by atoms with Gasteiger partial charge in [-0.2, -0.15) is 0 Å². The molecule has 15 heteroatoms. The van der Waals surface area contributed by atoms with Gasteiger partial charge in [0.15, 0.2) is 0 Å². The maximum Gasteiger partial charge on any atom is 4.00 e.